The van der Waals surface area contributed by atoms with E-state index < -0.39 is 17.5 Å². The lowest BCUT2D eigenvalue weighted by atomic mass is 10.00. The van der Waals surface area contributed by atoms with Gasteiger partial charge in [-0.05, 0) is 33.6 Å². The zero-order valence-electron chi connectivity index (χ0n) is 10.2. The van der Waals surface area contributed by atoms with Crippen molar-refractivity contribution in [2.75, 3.05) is 0 Å². The number of esters is 1. The first-order valence-electron chi connectivity index (χ1n) is 5.32. The average molecular weight is 228 g/mol. The van der Waals surface area contributed by atoms with E-state index in [0.29, 0.717) is 6.42 Å². The topological polar surface area (TPSA) is 63.6 Å². The molecule has 0 spiro atoms. The van der Waals surface area contributed by atoms with Crippen LogP contribution in [0.25, 0.3) is 0 Å². The van der Waals surface area contributed by atoms with Gasteiger partial charge in [-0.15, -0.1) is 6.58 Å². The number of ether oxygens (including phenoxy) is 1. The van der Waals surface area contributed by atoms with Gasteiger partial charge in [0.15, 0.2) is 0 Å². The molecule has 1 unspecified atom stereocenters. The molecule has 0 bridgehead atoms. The molecule has 0 saturated carbocycles. The highest BCUT2D eigenvalue weighted by Gasteiger charge is 2.20. The van der Waals surface area contributed by atoms with Crippen molar-refractivity contribution in [1.82, 2.24) is 0 Å². The van der Waals surface area contributed by atoms with Crippen LogP contribution in [0.4, 0.5) is 0 Å². The summed E-state index contributed by atoms with van der Waals surface area (Å²) in [6.07, 6.45) is 2.34. The molecule has 0 rings (SSSR count). The van der Waals surface area contributed by atoms with Crippen LogP contribution in [0, 0.1) is 5.92 Å². The molecular weight excluding hydrogens is 208 g/mol. The van der Waals surface area contributed by atoms with Crippen molar-refractivity contribution < 1.29 is 19.4 Å². The molecule has 0 aliphatic rings. The van der Waals surface area contributed by atoms with Crippen LogP contribution in [0.2, 0.25) is 0 Å². The lowest BCUT2D eigenvalue weighted by molar-refractivity contribution is -0.155. The summed E-state index contributed by atoms with van der Waals surface area (Å²) in [5, 5.41) is 8.85. The van der Waals surface area contributed by atoms with E-state index in [1.807, 2.05) is 0 Å². The molecule has 16 heavy (non-hydrogen) atoms. The van der Waals surface area contributed by atoms with Crippen LogP contribution in [0.5, 0.6) is 0 Å². The summed E-state index contributed by atoms with van der Waals surface area (Å²) < 4.78 is 5.09. The Labute approximate surface area is 96.3 Å². The summed E-state index contributed by atoms with van der Waals surface area (Å²) >= 11 is 0. The second-order valence-electron chi connectivity index (χ2n) is 4.68. The van der Waals surface area contributed by atoms with Crippen molar-refractivity contribution in [3.63, 3.8) is 0 Å². The third kappa shape index (κ3) is 7.04. The first-order chi connectivity index (χ1) is 7.26. The molecule has 0 aliphatic carbocycles. The Morgan fingerprint density at radius 1 is 1.44 bits per heavy atom. The number of carboxylic acids is 1. The highest BCUT2D eigenvalue weighted by atomic mass is 16.6. The Hall–Kier alpha value is -1.32. The molecule has 4 nitrogen and oxygen atoms in total. The second kappa shape index (κ2) is 6.30. The van der Waals surface area contributed by atoms with E-state index in [9.17, 15) is 9.59 Å². The molecule has 0 radical (unpaired) electrons. The van der Waals surface area contributed by atoms with Gasteiger partial charge >= 0.3 is 11.9 Å². The first kappa shape index (κ1) is 14.7. The predicted molar refractivity (Wildman–Crippen MR) is 61.0 cm³/mol. The molecule has 1 N–H and O–H groups in total. The zero-order chi connectivity index (χ0) is 12.8. The van der Waals surface area contributed by atoms with Crippen LogP contribution in [-0.4, -0.2) is 22.6 Å². The van der Waals surface area contributed by atoms with Crippen molar-refractivity contribution >= 4 is 11.9 Å². The summed E-state index contributed by atoms with van der Waals surface area (Å²) in [5.41, 5.74) is -0.520. The van der Waals surface area contributed by atoms with E-state index in [4.69, 9.17) is 9.84 Å². The lowest BCUT2D eigenvalue weighted by Crippen LogP contribution is -2.24. The van der Waals surface area contributed by atoms with Crippen molar-refractivity contribution in [1.29, 1.82) is 0 Å². The zero-order valence-corrected chi connectivity index (χ0v) is 10.2. The third-order valence-corrected chi connectivity index (χ3v) is 1.92. The maximum atomic E-state index is 11.3. The minimum atomic E-state index is -0.900. The number of aliphatic carboxylic acids is 1. The van der Waals surface area contributed by atoms with E-state index in [0.717, 1.165) is 0 Å². The normalized spacial score (nSPS) is 12.9. The Kier molecular flexibility index (Phi) is 5.78. The monoisotopic (exact) mass is 228 g/mol. The van der Waals surface area contributed by atoms with Gasteiger partial charge in [-0.2, -0.15) is 0 Å². The van der Waals surface area contributed by atoms with Crippen molar-refractivity contribution in [3.8, 4) is 0 Å². The van der Waals surface area contributed by atoms with Gasteiger partial charge < -0.3 is 9.84 Å². The van der Waals surface area contributed by atoms with Gasteiger partial charge in [-0.25, -0.2) is 0 Å². The summed E-state index contributed by atoms with van der Waals surface area (Å²) in [4.78, 5) is 22.1. The number of allylic oxidation sites excluding steroid dienone is 1. The van der Waals surface area contributed by atoms with Gasteiger partial charge in [0.25, 0.3) is 0 Å². The largest absolute Gasteiger partial charge is 0.481 e. The Morgan fingerprint density at radius 3 is 2.38 bits per heavy atom. The molecule has 4 heteroatoms. The number of hydrogen-bond acceptors (Lipinski definition) is 3. The molecule has 0 aromatic heterocycles. The van der Waals surface area contributed by atoms with Crippen molar-refractivity contribution in [3.05, 3.63) is 12.7 Å². The molecule has 0 aromatic rings. The van der Waals surface area contributed by atoms with E-state index in [1.54, 1.807) is 26.8 Å². The van der Waals surface area contributed by atoms with Gasteiger partial charge in [0.1, 0.15) is 5.60 Å². The van der Waals surface area contributed by atoms with E-state index in [1.165, 1.54) is 0 Å². The van der Waals surface area contributed by atoms with Gasteiger partial charge in [0.05, 0.1) is 5.92 Å². The molecule has 0 fully saturated rings. The summed E-state index contributed by atoms with van der Waals surface area (Å²) in [6, 6.07) is 0. The second-order valence-corrected chi connectivity index (χ2v) is 4.68. The van der Waals surface area contributed by atoms with Crippen LogP contribution in [-0.2, 0) is 14.3 Å². The van der Waals surface area contributed by atoms with Crippen molar-refractivity contribution in [2.45, 2.75) is 45.6 Å². The SMILES string of the molecule is C=CCC(CCC(=O)OC(C)(C)C)C(=O)O. The number of hydrogen-bond donors (Lipinski definition) is 1. The Bertz CT molecular complexity index is 263. The standard InChI is InChI=1S/C12H20O4/c1-5-6-9(11(14)15)7-8-10(13)16-12(2,3)4/h5,9H,1,6-8H2,2-4H3,(H,14,15). The van der Waals surface area contributed by atoms with E-state index in [2.05, 4.69) is 6.58 Å². The minimum absolute atomic E-state index is 0.127. The van der Waals surface area contributed by atoms with Crippen LogP contribution in [0.15, 0.2) is 12.7 Å². The van der Waals surface area contributed by atoms with Gasteiger partial charge in [0.2, 0.25) is 0 Å². The smallest absolute Gasteiger partial charge is 0.306 e. The fourth-order valence-electron chi connectivity index (χ4n) is 1.23. The van der Waals surface area contributed by atoms with Gasteiger partial charge in [0, 0.05) is 6.42 Å². The molecule has 0 amide bonds. The molecule has 0 saturated heterocycles. The molecule has 1 atom stereocenters. The quantitative estimate of drug-likeness (QED) is 0.560. The molecule has 0 aromatic carbocycles. The summed E-state index contributed by atoms with van der Waals surface area (Å²) in [7, 11) is 0. The minimum Gasteiger partial charge on any atom is -0.481 e. The fraction of sp³-hybridized carbons (Fsp3) is 0.667. The number of rotatable bonds is 6. The fourth-order valence-corrected chi connectivity index (χ4v) is 1.23. The Balaban J connectivity index is 4.06. The van der Waals surface area contributed by atoms with Gasteiger partial charge in [-0.1, -0.05) is 6.08 Å². The third-order valence-electron chi connectivity index (χ3n) is 1.92. The van der Waals surface area contributed by atoms with Crippen LogP contribution >= 0.6 is 0 Å². The number of carbonyl (C=O) groups excluding carboxylic acids is 1. The number of carbonyl (C=O) groups is 2. The predicted octanol–water partition coefficient (Wildman–Crippen LogP) is 2.39. The van der Waals surface area contributed by atoms with E-state index in [-0.39, 0.29) is 18.8 Å². The maximum Gasteiger partial charge on any atom is 0.306 e. The molecule has 0 aliphatic heterocycles. The molecule has 0 heterocycles. The highest BCUT2D eigenvalue weighted by Crippen LogP contribution is 2.15. The average Bonchev–Trinajstić information content (AvgIpc) is 2.08. The van der Waals surface area contributed by atoms with Crippen LogP contribution in [0.3, 0.4) is 0 Å². The van der Waals surface area contributed by atoms with Crippen LogP contribution < -0.4 is 0 Å². The highest BCUT2D eigenvalue weighted by molar-refractivity contribution is 5.73. The first-order valence-corrected chi connectivity index (χ1v) is 5.32. The maximum absolute atomic E-state index is 11.3. The Morgan fingerprint density at radius 2 is 2.00 bits per heavy atom. The van der Waals surface area contributed by atoms with Crippen molar-refractivity contribution in [2.24, 2.45) is 5.92 Å². The van der Waals surface area contributed by atoms with E-state index >= 15 is 0 Å². The summed E-state index contributed by atoms with van der Waals surface area (Å²) in [5.74, 6) is -1.81. The summed E-state index contributed by atoms with van der Waals surface area (Å²) in [6.45, 7) is 8.83. The molecular formula is C12H20O4. The molecule has 92 valence electrons. The van der Waals surface area contributed by atoms with Gasteiger partial charge in [-0.3, -0.25) is 9.59 Å². The van der Waals surface area contributed by atoms with Crippen LogP contribution in [0.1, 0.15) is 40.0 Å². The number of carboxylic acid groups (broad SMARTS) is 1. The lowest BCUT2D eigenvalue weighted by Gasteiger charge is -2.20.